The van der Waals surface area contributed by atoms with Crippen molar-refractivity contribution in [2.45, 2.75) is 19.3 Å². The van der Waals surface area contributed by atoms with Gasteiger partial charge in [0.15, 0.2) is 5.12 Å². The van der Waals surface area contributed by atoms with Gasteiger partial charge in [0, 0.05) is 29.2 Å². The van der Waals surface area contributed by atoms with Crippen LogP contribution in [0.25, 0.3) is 0 Å². The average Bonchev–Trinajstić information content (AvgIpc) is 1.69. The third kappa shape index (κ3) is 2.75. The minimum atomic E-state index is 0. The number of carbonyl (C=O) groups excluding carboxylic acids is 1. The predicted octanol–water partition coefficient (Wildman–Crippen LogP) is 1.43. The van der Waals surface area contributed by atoms with Crippen LogP contribution in [-0.2, 0) is 21.9 Å². The molecule has 0 aromatic rings. The first-order valence-corrected chi connectivity index (χ1v) is 3.54. The average molecular weight is 180 g/mol. The zero-order valence-corrected chi connectivity index (χ0v) is 6.20. The van der Waals surface area contributed by atoms with Crippen LogP contribution in [0.15, 0.2) is 0 Å². The van der Waals surface area contributed by atoms with E-state index in [2.05, 4.69) is 0 Å². The van der Waals surface area contributed by atoms with Gasteiger partial charge in [0.1, 0.15) is 0 Å². The van der Waals surface area contributed by atoms with Crippen LogP contribution in [0, 0.1) is 0 Å². The molecule has 8 heavy (non-hydrogen) atoms. The molecule has 0 aromatic carbocycles. The van der Waals surface area contributed by atoms with Crippen molar-refractivity contribution in [2.75, 3.05) is 5.75 Å². The Morgan fingerprint density at radius 1 is 1.38 bits per heavy atom. The van der Waals surface area contributed by atoms with E-state index in [1.807, 2.05) is 0 Å². The fourth-order valence-corrected chi connectivity index (χ4v) is 1.49. The van der Waals surface area contributed by atoms with Crippen molar-refractivity contribution in [3.63, 3.8) is 0 Å². The van der Waals surface area contributed by atoms with Crippen molar-refractivity contribution in [1.82, 2.24) is 0 Å². The first kappa shape index (κ1) is 8.54. The first-order chi connectivity index (χ1) is 3.39. The summed E-state index contributed by atoms with van der Waals surface area (Å²) in [7, 11) is 0. The van der Waals surface area contributed by atoms with Gasteiger partial charge in [-0.3, -0.25) is 4.79 Å². The van der Waals surface area contributed by atoms with Crippen molar-refractivity contribution in [1.29, 1.82) is 0 Å². The second kappa shape index (κ2) is 4.42. The van der Waals surface area contributed by atoms with Gasteiger partial charge in [-0.2, -0.15) is 0 Å². The molecule has 0 aromatic heterocycles. The van der Waals surface area contributed by atoms with E-state index in [1.165, 1.54) is 18.2 Å². The molecule has 0 spiro atoms. The van der Waals surface area contributed by atoms with E-state index in [9.17, 15) is 4.79 Å². The molecule has 1 rings (SSSR count). The second-order valence-corrected chi connectivity index (χ2v) is 2.83. The Bertz CT molecular complexity index is 76.5. The number of rotatable bonds is 0. The summed E-state index contributed by atoms with van der Waals surface area (Å²) in [5, 5.41) is 0.381. The van der Waals surface area contributed by atoms with E-state index in [1.54, 1.807) is 0 Å². The molecule has 0 amide bonds. The zero-order chi connectivity index (χ0) is 5.11. The van der Waals surface area contributed by atoms with Gasteiger partial charge in [-0.25, -0.2) is 0 Å². The van der Waals surface area contributed by atoms with E-state index in [0.717, 1.165) is 18.6 Å². The van der Waals surface area contributed by atoms with E-state index in [0.29, 0.717) is 5.12 Å². The zero-order valence-electron chi connectivity index (χ0n) is 4.45. The quantitative estimate of drug-likeness (QED) is 0.524. The molecule has 1 heterocycles. The molecule has 1 aliphatic heterocycles. The smallest absolute Gasteiger partial charge is 0.188 e. The standard InChI is InChI=1S/C5H8OS.Cu/c6-5-3-1-2-4-7-5;/h1-4H2;. The molecular weight excluding hydrogens is 172 g/mol. The minimum Gasteiger partial charge on any atom is -0.287 e. The van der Waals surface area contributed by atoms with Gasteiger partial charge in [-0.05, 0) is 12.8 Å². The van der Waals surface area contributed by atoms with Crippen molar-refractivity contribution in [3.05, 3.63) is 0 Å². The Hall–Kier alpha value is 0.539. The summed E-state index contributed by atoms with van der Waals surface area (Å²) in [5.41, 5.74) is 0. The molecule has 0 saturated carbocycles. The number of hydrogen-bond donors (Lipinski definition) is 0. The Kier molecular flexibility index (Phi) is 4.72. The molecule has 1 radical (unpaired) electrons. The maximum absolute atomic E-state index is 10.4. The van der Waals surface area contributed by atoms with E-state index < -0.39 is 0 Å². The van der Waals surface area contributed by atoms with Gasteiger partial charge in [0.05, 0.1) is 0 Å². The summed E-state index contributed by atoms with van der Waals surface area (Å²) >= 11 is 1.48. The van der Waals surface area contributed by atoms with Crippen molar-refractivity contribution < 1.29 is 21.9 Å². The van der Waals surface area contributed by atoms with Crippen LogP contribution in [0.3, 0.4) is 0 Å². The van der Waals surface area contributed by atoms with Gasteiger partial charge in [0.2, 0.25) is 0 Å². The van der Waals surface area contributed by atoms with Crippen LogP contribution in [0.5, 0.6) is 0 Å². The maximum atomic E-state index is 10.4. The van der Waals surface area contributed by atoms with Crippen molar-refractivity contribution in [2.24, 2.45) is 0 Å². The normalized spacial score (nSPS) is 19.8. The molecule has 0 unspecified atom stereocenters. The van der Waals surface area contributed by atoms with Gasteiger partial charge in [-0.15, -0.1) is 0 Å². The Labute approximate surface area is 64.1 Å². The molecule has 1 fully saturated rings. The maximum Gasteiger partial charge on any atom is 0.188 e. The van der Waals surface area contributed by atoms with Crippen molar-refractivity contribution in [3.8, 4) is 0 Å². The summed E-state index contributed by atoms with van der Waals surface area (Å²) < 4.78 is 0. The molecule has 0 N–H and O–H groups in total. The largest absolute Gasteiger partial charge is 0.287 e. The summed E-state index contributed by atoms with van der Waals surface area (Å²) in [6.45, 7) is 0. The molecule has 1 saturated heterocycles. The van der Waals surface area contributed by atoms with Crippen LogP contribution < -0.4 is 0 Å². The Balaban J connectivity index is 0.000000490. The topological polar surface area (TPSA) is 17.1 Å². The van der Waals surface area contributed by atoms with Gasteiger partial charge < -0.3 is 0 Å². The molecule has 51 valence electrons. The van der Waals surface area contributed by atoms with Crippen LogP contribution in [0.4, 0.5) is 0 Å². The number of hydrogen-bond acceptors (Lipinski definition) is 2. The molecule has 3 heteroatoms. The fourth-order valence-electron chi connectivity index (χ4n) is 0.630. The summed E-state index contributed by atoms with van der Waals surface area (Å²) in [4.78, 5) is 10.4. The SMILES string of the molecule is O=C1CCCCS1.[Cu]. The van der Waals surface area contributed by atoms with Crippen LogP contribution >= 0.6 is 11.8 Å². The predicted molar refractivity (Wildman–Crippen MR) is 31.3 cm³/mol. The molecule has 1 nitrogen and oxygen atoms in total. The molecule has 0 aliphatic carbocycles. The number of thioether (sulfide) groups is 1. The monoisotopic (exact) mass is 179 g/mol. The van der Waals surface area contributed by atoms with Crippen molar-refractivity contribution >= 4 is 16.9 Å². The number of carbonyl (C=O) groups is 1. The molecule has 0 bridgehead atoms. The van der Waals surface area contributed by atoms with Gasteiger partial charge in [-0.1, -0.05) is 11.8 Å². The third-order valence-electron chi connectivity index (χ3n) is 1.04. The molecule has 0 atom stereocenters. The third-order valence-corrected chi connectivity index (χ3v) is 2.06. The first-order valence-electron chi connectivity index (χ1n) is 2.55. The summed E-state index contributed by atoms with van der Waals surface area (Å²) in [6, 6.07) is 0. The van der Waals surface area contributed by atoms with Crippen LogP contribution in [0.2, 0.25) is 0 Å². The van der Waals surface area contributed by atoms with E-state index in [-0.39, 0.29) is 17.1 Å². The molecule has 1 aliphatic rings. The van der Waals surface area contributed by atoms with Gasteiger partial charge in [0.25, 0.3) is 0 Å². The summed E-state index contributed by atoms with van der Waals surface area (Å²) in [6.07, 6.45) is 3.16. The minimum absolute atomic E-state index is 0. The fraction of sp³-hybridized carbons (Fsp3) is 0.800. The molecular formula is C5H8CuOS. The Morgan fingerprint density at radius 2 is 2.12 bits per heavy atom. The Morgan fingerprint density at radius 3 is 2.38 bits per heavy atom. The van der Waals surface area contributed by atoms with E-state index >= 15 is 0 Å². The van der Waals surface area contributed by atoms with Crippen LogP contribution in [0.1, 0.15) is 19.3 Å². The second-order valence-electron chi connectivity index (χ2n) is 1.68. The summed E-state index contributed by atoms with van der Waals surface area (Å²) in [5.74, 6) is 1.05. The van der Waals surface area contributed by atoms with E-state index in [4.69, 9.17) is 0 Å². The van der Waals surface area contributed by atoms with Gasteiger partial charge >= 0.3 is 0 Å². The van der Waals surface area contributed by atoms with Crippen LogP contribution in [-0.4, -0.2) is 10.9 Å².